The summed E-state index contributed by atoms with van der Waals surface area (Å²) < 4.78 is 44.8. The van der Waals surface area contributed by atoms with Crippen molar-refractivity contribution in [3.8, 4) is 5.75 Å². The molecule has 0 bridgehead atoms. The molecule has 1 saturated heterocycles. The third kappa shape index (κ3) is 4.62. The highest BCUT2D eigenvalue weighted by molar-refractivity contribution is 5.94. The highest BCUT2D eigenvalue weighted by atomic mass is 19.4. The summed E-state index contributed by atoms with van der Waals surface area (Å²) >= 11 is 0. The third-order valence-corrected chi connectivity index (χ3v) is 4.01. The molecule has 3 nitrogen and oxygen atoms in total. The Morgan fingerprint density at radius 3 is 2.57 bits per heavy atom. The molecule has 1 unspecified atom stereocenters. The SMILES string of the molecule is CCCCOc1ccc(C(=O)N2CCCCC2C(F)(F)F)cc1. The van der Waals surface area contributed by atoms with Gasteiger partial charge in [0.25, 0.3) is 5.91 Å². The molecule has 1 atom stereocenters. The number of amides is 1. The number of nitrogens with zero attached hydrogens (tertiary/aromatic N) is 1. The number of carbonyl (C=O) groups is 1. The molecule has 1 aromatic carbocycles. The molecule has 0 radical (unpaired) electrons. The second-order valence-corrected chi connectivity index (χ2v) is 5.78. The topological polar surface area (TPSA) is 29.5 Å². The Bertz CT molecular complexity index is 514. The lowest BCUT2D eigenvalue weighted by atomic mass is 10.0. The van der Waals surface area contributed by atoms with Gasteiger partial charge in [0.2, 0.25) is 0 Å². The number of ether oxygens (including phenoxy) is 1. The molecule has 128 valence electrons. The molecule has 0 saturated carbocycles. The van der Waals surface area contributed by atoms with Crippen molar-refractivity contribution in [3.05, 3.63) is 29.8 Å². The molecule has 0 aromatic heterocycles. The molecule has 0 spiro atoms. The Kier molecular flexibility index (Phi) is 5.91. The molecular formula is C17H22F3NO2. The first-order chi connectivity index (χ1) is 10.9. The number of alkyl halides is 3. The van der Waals surface area contributed by atoms with Crippen molar-refractivity contribution in [1.29, 1.82) is 0 Å². The number of carbonyl (C=O) groups excluding carboxylic acids is 1. The number of benzene rings is 1. The van der Waals surface area contributed by atoms with E-state index >= 15 is 0 Å². The molecule has 1 aromatic rings. The summed E-state index contributed by atoms with van der Waals surface area (Å²) in [6, 6.07) is 4.66. The van der Waals surface area contributed by atoms with Crippen molar-refractivity contribution >= 4 is 5.91 Å². The predicted molar refractivity (Wildman–Crippen MR) is 81.6 cm³/mol. The Morgan fingerprint density at radius 2 is 1.96 bits per heavy atom. The normalized spacial score (nSPS) is 18.8. The van der Waals surface area contributed by atoms with Crippen LogP contribution in [0.4, 0.5) is 13.2 Å². The largest absolute Gasteiger partial charge is 0.494 e. The number of hydrogen-bond acceptors (Lipinski definition) is 2. The highest BCUT2D eigenvalue weighted by Gasteiger charge is 2.46. The third-order valence-electron chi connectivity index (χ3n) is 4.01. The first-order valence-electron chi connectivity index (χ1n) is 8.04. The van der Waals surface area contributed by atoms with Crippen LogP contribution in [0.15, 0.2) is 24.3 Å². The van der Waals surface area contributed by atoms with Gasteiger partial charge in [0, 0.05) is 12.1 Å². The molecule has 2 rings (SSSR count). The minimum Gasteiger partial charge on any atom is -0.494 e. The van der Waals surface area contributed by atoms with E-state index in [1.54, 1.807) is 12.1 Å². The van der Waals surface area contributed by atoms with Crippen molar-refractivity contribution in [2.24, 2.45) is 0 Å². The summed E-state index contributed by atoms with van der Waals surface area (Å²) in [5.41, 5.74) is 0.268. The number of unbranched alkanes of at least 4 members (excludes halogenated alkanes) is 1. The standard InChI is InChI=1S/C17H22F3NO2/c1-2-3-12-23-14-9-7-13(8-10-14)16(22)21-11-5-4-6-15(21)17(18,19)20/h7-10,15H,2-6,11-12H2,1H3. The molecular weight excluding hydrogens is 307 g/mol. The van der Waals surface area contributed by atoms with Gasteiger partial charge in [-0.05, 0) is 49.9 Å². The molecule has 0 aliphatic carbocycles. The van der Waals surface area contributed by atoms with Crippen LogP contribution in [0, 0.1) is 0 Å². The summed E-state index contributed by atoms with van der Waals surface area (Å²) in [6.07, 6.45) is -1.34. The minimum atomic E-state index is -4.38. The zero-order valence-electron chi connectivity index (χ0n) is 13.2. The van der Waals surface area contributed by atoms with Gasteiger partial charge in [-0.25, -0.2) is 0 Å². The molecule has 1 heterocycles. The fraction of sp³-hybridized carbons (Fsp3) is 0.588. The number of likely N-dealkylation sites (tertiary alicyclic amines) is 1. The second-order valence-electron chi connectivity index (χ2n) is 5.78. The van der Waals surface area contributed by atoms with Crippen LogP contribution in [0.2, 0.25) is 0 Å². The van der Waals surface area contributed by atoms with E-state index in [1.165, 1.54) is 12.1 Å². The maximum atomic E-state index is 13.1. The number of halogens is 3. The maximum absolute atomic E-state index is 13.1. The smallest absolute Gasteiger partial charge is 0.408 e. The summed E-state index contributed by atoms with van der Waals surface area (Å²) in [7, 11) is 0. The van der Waals surface area contributed by atoms with Gasteiger partial charge < -0.3 is 9.64 Å². The van der Waals surface area contributed by atoms with E-state index in [0.717, 1.165) is 17.7 Å². The molecule has 1 fully saturated rings. The summed E-state index contributed by atoms with van der Waals surface area (Å²) in [5.74, 6) is 0.0631. The fourth-order valence-electron chi connectivity index (χ4n) is 2.71. The van der Waals surface area contributed by atoms with Crippen LogP contribution in [0.25, 0.3) is 0 Å². The van der Waals surface area contributed by atoms with Gasteiger partial charge in [-0.1, -0.05) is 13.3 Å². The Morgan fingerprint density at radius 1 is 1.26 bits per heavy atom. The van der Waals surface area contributed by atoms with E-state index < -0.39 is 18.1 Å². The Hall–Kier alpha value is -1.72. The van der Waals surface area contributed by atoms with E-state index in [4.69, 9.17) is 4.74 Å². The van der Waals surface area contributed by atoms with Crippen LogP contribution in [0.1, 0.15) is 49.4 Å². The molecule has 1 aliphatic heterocycles. The second kappa shape index (κ2) is 7.70. The van der Waals surface area contributed by atoms with Gasteiger partial charge in [0.05, 0.1) is 6.61 Å². The van der Waals surface area contributed by atoms with E-state index in [1.807, 2.05) is 0 Å². The fourth-order valence-corrected chi connectivity index (χ4v) is 2.71. The molecule has 23 heavy (non-hydrogen) atoms. The van der Waals surface area contributed by atoms with Crippen LogP contribution in [0.5, 0.6) is 5.75 Å². The zero-order valence-corrected chi connectivity index (χ0v) is 13.2. The molecule has 1 amide bonds. The van der Waals surface area contributed by atoms with Gasteiger partial charge in [-0.15, -0.1) is 0 Å². The van der Waals surface area contributed by atoms with E-state index in [-0.39, 0.29) is 18.5 Å². The Balaban J connectivity index is 2.06. The first-order valence-corrected chi connectivity index (χ1v) is 8.04. The van der Waals surface area contributed by atoms with Crippen molar-refractivity contribution in [3.63, 3.8) is 0 Å². The van der Waals surface area contributed by atoms with Crippen LogP contribution in [-0.2, 0) is 0 Å². The van der Waals surface area contributed by atoms with Crippen molar-refractivity contribution in [2.45, 2.75) is 51.2 Å². The lowest BCUT2D eigenvalue weighted by Crippen LogP contribution is -2.51. The van der Waals surface area contributed by atoms with Crippen molar-refractivity contribution < 1.29 is 22.7 Å². The van der Waals surface area contributed by atoms with Gasteiger partial charge in [0.1, 0.15) is 11.8 Å². The van der Waals surface area contributed by atoms with Crippen molar-refractivity contribution in [2.75, 3.05) is 13.2 Å². The number of piperidine rings is 1. The van der Waals surface area contributed by atoms with Crippen LogP contribution >= 0.6 is 0 Å². The maximum Gasteiger partial charge on any atom is 0.408 e. The average Bonchev–Trinajstić information content (AvgIpc) is 2.54. The highest BCUT2D eigenvalue weighted by Crippen LogP contribution is 2.32. The van der Waals surface area contributed by atoms with Gasteiger partial charge in [-0.2, -0.15) is 13.2 Å². The monoisotopic (exact) mass is 329 g/mol. The van der Waals surface area contributed by atoms with Crippen LogP contribution in [0.3, 0.4) is 0 Å². The van der Waals surface area contributed by atoms with Gasteiger partial charge in [-0.3, -0.25) is 4.79 Å². The van der Waals surface area contributed by atoms with E-state index in [9.17, 15) is 18.0 Å². The lowest BCUT2D eigenvalue weighted by Gasteiger charge is -2.36. The molecule has 1 aliphatic rings. The zero-order chi connectivity index (χ0) is 16.9. The number of rotatable bonds is 5. The average molecular weight is 329 g/mol. The summed E-state index contributed by atoms with van der Waals surface area (Å²) in [6.45, 7) is 2.80. The van der Waals surface area contributed by atoms with Gasteiger partial charge >= 0.3 is 6.18 Å². The number of hydrogen-bond donors (Lipinski definition) is 0. The molecule has 0 N–H and O–H groups in total. The minimum absolute atomic E-state index is 0.0204. The summed E-state index contributed by atoms with van der Waals surface area (Å²) in [4.78, 5) is 13.4. The predicted octanol–water partition coefficient (Wildman–Crippen LogP) is 4.42. The first kappa shape index (κ1) is 17.6. The van der Waals surface area contributed by atoms with Crippen LogP contribution < -0.4 is 4.74 Å². The van der Waals surface area contributed by atoms with Crippen LogP contribution in [-0.4, -0.2) is 36.2 Å². The summed E-state index contributed by atoms with van der Waals surface area (Å²) in [5, 5.41) is 0. The van der Waals surface area contributed by atoms with Crippen molar-refractivity contribution in [1.82, 2.24) is 4.90 Å². The lowest BCUT2D eigenvalue weighted by molar-refractivity contribution is -0.183. The van der Waals surface area contributed by atoms with Gasteiger partial charge in [0.15, 0.2) is 0 Å². The quantitative estimate of drug-likeness (QED) is 0.748. The molecule has 6 heteroatoms. The Labute approximate surface area is 134 Å². The van der Waals surface area contributed by atoms with E-state index in [0.29, 0.717) is 25.2 Å². The van der Waals surface area contributed by atoms with E-state index in [2.05, 4.69) is 6.92 Å².